The molecule has 0 spiro atoms. The predicted molar refractivity (Wildman–Crippen MR) is 101 cm³/mol. The summed E-state index contributed by atoms with van der Waals surface area (Å²) in [7, 11) is 1.38. The van der Waals surface area contributed by atoms with Crippen LogP contribution in [0.2, 0.25) is 0 Å². The molecule has 0 amide bonds. The van der Waals surface area contributed by atoms with Gasteiger partial charge in [0.05, 0.1) is 30.9 Å². The van der Waals surface area contributed by atoms with Crippen LogP contribution in [0.25, 0.3) is 0 Å². The molecule has 2 aromatic heterocycles. The fourth-order valence-electron chi connectivity index (χ4n) is 3.18. The molecule has 0 radical (unpaired) electrons. The number of anilines is 3. The number of aromatic nitrogens is 3. The summed E-state index contributed by atoms with van der Waals surface area (Å²) in [6.07, 6.45) is 11.2. The van der Waals surface area contributed by atoms with Gasteiger partial charge >= 0.3 is 5.97 Å². The molecule has 2 aromatic rings. The molecule has 3 rings (SSSR count). The standard InChI is InChI=1S/C19H25N5O2/c1-13-9-22-18(12-20-13)24-17-8-16(15(11-23-17)19(25)26-2)21-10-14-6-4-3-5-7-14/h8-9,11-12,14H,3-7,10H2,1-2H3,(H2,21,22,23,24). The van der Waals surface area contributed by atoms with E-state index >= 15 is 0 Å². The second kappa shape index (κ2) is 8.60. The third-order valence-electron chi connectivity index (χ3n) is 4.65. The van der Waals surface area contributed by atoms with Crippen molar-refractivity contribution in [3.63, 3.8) is 0 Å². The van der Waals surface area contributed by atoms with Crippen molar-refractivity contribution in [3.05, 3.63) is 35.9 Å². The Labute approximate surface area is 153 Å². The average molecular weight is 355 g/mol. The van der Waals surface area contributed by atoms with Crippen LogP contribution in [-0.2, 0) is 4.74 Å². The van der Waals surface area contributed by atoms with Gasteiger partial charge in [0.25, 0.3) is 0 Å². The van der Waals surface area contributed by atoms with Gasteiger partial charge in [-0.25, -0.2) is 14.8 Å². The van der Waals surface area contributed by atoms with Crippen molar-refractivity contribution in [1.82, 2.24) is 15.0 Å². The molecule has 1 fully saturated rings. The molecule has 1 aliphatic rings. The first-order valence-corrected chi connectivity index (χ1v) is 9.03. The highest BCUT2D eigenvalue weighted by atomic mass is 16.5. The Hall–Kier alpha value is -2.70. The van der Waals surface area contributed by atoms with Crippen molar-refractivity contribution < 1.29 is 9.53 Å². The van der Waals surface area contributed by atoms with Gasteiger partial charge in [-0.05, 0) is 25.7 Å². The van der Waals surface area contributed by atoms with Crippen molar-refractivity contribution in [3.8, 4) is 0 Å². The van der Waals surface area contributed by atoms with Crippen molar-refractivity contribution in [1.29, 1.82) is 0 Å². The second-order valence-corrected chi connectivity index (χ2v) is 6.66. The summed E-state index contributed by atoms with van der Waals surface area (Å²) >= 11 is 0. The Balaban J connectivity index is 1.76. The maximum Gasteiger partial charge on any atom is 0.341 e. The molecule has 0 bridgehead atoms. The zero-order valence-electron chi connectivity index (χ0n) is 15.3. The minimum Gasteiger partial charge on any atom is -0.465 e. The number of hydrogen-bond acceptors (Lipinski definition) is 7. The number of hydrogen-bond donors (Lipinski definition) is 2. The molecule has 26 heavy (non-hydrogen) atoms. The molecule has 1 saturated carbocycles. The summed E-state index contributed by atoms with van der Waals surface area (Å²) in [6, 6.07) is 1.82. The van der Waals surface area contributed by atoms with E-state index in [-0.39, 0.29) is 0 Å². The van der Waals surface area contributed by atoms with Gasteiger partial charge in [-0.1, -0.05) is 19.3 Å². The highest BCUT2D eigenvalue weighted by Crippen LogP contribution is 2.26. The SMILES string of the molecule is COC(=O)c1cnc(Nc2cnc(C)cn2)cc1NCC1CCCCC1. The lowest BCUT2D eigenvalue weighted by Gasteiger charge is -2.23. The third kappa shape index (κ3) is 4.68. The lowest BCUT2D eigenvalue weighted by molar-refractivity contribution is 0.0601. The van der Waals surface area contributed by atoms with E-state index in [9.17, 15) is 4.79 Å². The molecule has 7 nitrogen and oxygen atoms in total. The second-order valence-electron chi connectivity index (χ2n) is 6.66. The van der Waals surface area contributed by atoms with Crippen LogP contribution in [0.15, 0.2) is 24.7 Å². The number of pyridine rings is 1. The summed E-state index contributed by atoms with van der Waals surface area (Å²) in [5.41, 5.74) is 2.00. The molecule has 1 aliphatic carbocycles. The lowest BCUT2D eigenvalue weighted by Crippen LogP contribution is -2.19. The van der Waals surface area contributed by atoms with E-state index in [1.54, 1.807) is 12.4 Å². The number of rotatable bonds is 6. The maximum absolute atomic E-state index is 12.0. The quantitative estimate of drug-likeness (QED) is 0.764. The molecule has 0 atom stereocenters. The molecule has 7 heteroatoms. The average Bonchev–Trinajstić information content (AvgIpc) is 2.68. The molecule has 0 aromatic carbocycles. The fraction of sp³-hybridized carbons (Fsp3) is 0.474. The van der Waals surface area contributed by atoms with E-state index in [0.29, 0.717) is 23.1 Å². The normalized spacial score (nSPS) is 14.7. The van der Waals surface area contributed by atoms with Crippen LogP contribution < -0.4 is 10.6 Å². The number of nitrogens with one attached hydrogen (secondary N) is 2. The topological polar surface area (TPSA) is 89.0 Å². The summed E-state index contributed by atoms with van der Waals surface area (Å²) in [5, 5.41) is 6.53. The first-order chi connectivity index (χ1) is 12.7. The summed E-state index contributed by atoms with van der Waals surface area (Å²) in [6.45, 7) is 2.73. The largest absolute Gasteiger partial charge is 0.465 e. The first kappa shape index (κ1) is 18.1. The Morgan fingerprint density at radius 1 is 1.12 bits per heavy atom. The van der Waals surface area contributed by atoms with E-state index in [2.05, 4.69) is 25.6 Å². The first-order valence-electron chi connectivity index (χ1n) is 9.03. The summed E-state index contributed by atoms with van der Waals surface area (Å²) in [4.78, 5) is 24.8. The fourth-order valence-corrected chi connectivity index (χ4v) is 3.18. The number of nitrogens with zero attached hydrogens (tertiary/aromatic N) is 3. The number of carbonyl (C=O) groups is 1. The Morgan fingerprint density at radius 2 is 1.88 bits per heavy atom. The van der Waals surface area contributed by atoms with Crippen LogP contribution >= 0.6 is 0 Å². The molecule has 0 aliphatic heterocycles. The predicted octanol–water partition coefficient (Wildman–Crippen LogP) is 3.70. The van der Waals surface area contributed by atoms with Crippen LogP contribution in [-0.4, -0.2) is 34.6 Å². The van der Waals surface area contributed by atoms with Crippen molar-refractivity contribution in [2.24, 2.45) is 5.92 Å². The van der Waals surface area contributed by atoms with E-state index < -0.39 is 5.97 Å². The number of ether oxygens (including phenoxy) is 1. The zero-order chi connectivity index (χ0) is 18.4. The van der Waals surface area contributed by atoms with E-state index in [0.717, 1.165) is 17.9 Å². The van der Waals surface area contributed by atoms with Crippen LogP contribution in [0.4, 0.5) is 17.3 Å². The van der Waals surface area contributed by atoms with Crippen molar-refractivity contribution in [2.75, 3.05) is 24.3 Å². The van der Waals surface area contributed by atoms with Crippen LogP contribution in [0, 0.1) is 12.8 Å². The van der Waals surface area contributed by atoms with Gasteiger partial charge in [0.15, 0.2) is 0 Å². The highest BCUT2D eigenvalue weighted by molar-refractivity contribution is 5.95. The number of esters is 1. The Kier molecular flexibility index (Phi) is 5.99. The van der Waals surface area contributed by atoms with Gasteiger partial charge in [-0.15, -0.1) is 0 Å². The zero-order valence-corrected chi connectivity index (χ0v) is 15.3. The monoisotopic (exact) mass is 355 g/mol. The van der Waals surface area contributed by atoms with E-state index in [4.69, 9.17) is 4.74 Å². The highest BCUT2D eigenvalue weighted by Gasteiger charge is 2.17. The van der Waals surface area contributed by atoms with Crippen molar-refractivity contribution >= 4 is 23.3 Å². The molecule has 2 heterocycles. The number of methoxy groups -OCH3 is 1. The minimum absolute atomic E-state index is 0.398. The molecule has 0 unspecified atom stereocenters. The minimum atomic E-state index is -0.398. The van der Waals surface area contributed by atoms with Gasteiger partial charge in [-0.2, -0.15) is 0 Å². The van der Waals surface area contributed by atoms with Crippen LogP contribution in [0.5, 0.6) is 0 Å². The van der Waals surface area contributed by atoms with E-state index in [1.165, 1.54) is 45.4 Å². The summed E-state index contributed by atoms with van der Waals surface area (Å²) in [5.74, 6) is 1.45. The van der Waals surface area contributed by atoms with Gasteiger partial charge in [0.2, 0.25) is 0 Å². The van der Waals surface area contributed by atoms with Gasteiger partial charge in [0.1, 0.15) is 17.2 Å². The number of carbonyl (C=O) groups excluding carboxylic acids is 1. The molecule has 138 valence electrons. The molecular weight excluding hydrogens is 330 g/mol. The Bertz CT molecular complexity index is 742. The number of aryl methyl sites for hydroxylation is 1. The van der Waals surface area contributed by atoms with Gasteiger partial charge in [0, 0.05) is 18.8 Å². The lowest BCUT2D eigenvalue weighted by atomic mass is 9.89. The maximum atomic E-state index is 12.0. The molecule has 2 N–H and O–H groups in total. The van der Waals surface area contributed by atoms with Crippen LogP contribution in [0.3, 0.4) is 0 Å². The molecular formula is C19H25N5O2. The van der Waals surface area contributed by atoms with Crippen molar-refractivity contribution in [2.45, 2.75) is 39.0 Å². The van der Waals surface area contributed by atoms with E-state index in [1.807, 2.05) is 13.0 Å². The van der Waals surface area contributed by atoms with Crippen LogP contribution in [0.1, 0.15) is 48.2 Å². The van der Waals surface area contributed by atoms with Gasteiger partial charge < -0.3 is 15.4 Å². The summed E-state index contributed by atoms with van der Waals surface area (Å²) < 4.78 is 4.88. The smallest absolute Gasteiger partial charge is 0.341 e. The third-order valence-corrected chi connectivity index (χ3v) is 4.65. The molecule has 0 saturated heterocycles. The van der Waals surface area contributed by atoms with Gasteiger partial charge in [-0.3, -0.25) is 4.98 Å². The Morgan fingerprint density at radius 3 is 2.58 bits per heavy atom.